The summed E-state index contributed by atoms with van der Waals surface area (Å²) < 4.78 is 0. The molecule has 0 spiro atoms. The van der Waals surface area contributed by atoms with Crippen molar-refractivity contribution in [3.8, 4) is 0 Å². The first kappa shape index (κ1) is 8.94. The first-order chi connectivity index (χ1) is 4.57. The number of hydrogen-bond donors (Lipinski definition) is 2. The van der Waals surface area contributed by atoms with Gasteiger partial charge in [0.2, 0.25) is 11.8 Å². The van der Waals surface area contributed by atoms with Crippen molar-refractivity contribution in [2.75, 3.05) is 0 Å². The van der Waals surface area contributed by atoms with E-state index in [0.717, 1.165) is 0 Å². The molecule has 4 heteroatoms. The monoisotopic (exact) mass is 144 g/mol. The van der Waals surface area contributed by atoms with E-state index in [-0.39, 0.29) is 5.91 Å². The Kier molecular flexibility index (Phi) is 3.46. The zero-order chi connectivity index (χ0) is 8.15. The van der Waals surface area contributed by atoms with Crippen LogP contribution in [0.25, 0.3) is 0 Å². The highest BCUT2D eigenvalue weighted by atomic mass is 16.2. The number of nitrogens with one attached hydrogen (secondary N) is 1. The lowest BCUT2D eigenvalue weighted by Crippen LogP contribution is -2.41. The summed E-state index contributed by atoms with van der Waals surface area (Å²) in [6.45, 7) is 3.26. The second-order valence-electron chi connectivity index (χ2n) is 2.05. The second-order valence-corrected chi connectivity index (χ2v) is 2.05. The standard InChI is InChI=1S/C6H12N2O2/c1-3-5(9)8-4(2)6(7)10/h4H,3H2,1-2H3,(H2,7,10)(H,8,9). The van der Waals surface area contributed by atoms with Crippen molar-refractivity contribution in [2.45, 2.75) is 26.3 Å². The molecule has 0 saturated heterocycles. The van der Waals surface area contributed by atoms with Crippen LogP contribution in [0.2, 0.25) is 0 Å². The molecule has 0 aliphatic heterocycles. The zero-order valence-electron chi connectivity index (χ0n) is 6.18. The lowest BCUT2D eigenvalue weighted by molar-refractivity contribution is -0.126. The predicted octanol–water partition coefficient (Wildman–Crippen LogP) is -0.614. The lowest BCUT2D eigenvalue weighted by atomic mass is 10.3. The van der Waals surface area contributed by atoms with Gasteiger partial charge >= 0.3 is 0 Å². The molecule has 0 radical (unpaired) electrons. The van der Waals surface area contributed by atoms with Gasteiger partial charge in [-0.15, -0.1) is 0 Å². The van der Waals surface area contributed by atoms with Gasteiger partial charge in [-0.1, -0.05) is 6.92 Å². The van der Waals surface area contributed by atoms with Gasteiger partial charge in [-0.2, -0.15) is 0 Å². The van der Waals surface area contributed by atoms with E-state index in [1.807, 2.05) is 0 Å². The van der Waals surface area contributed by atoms with E-state index in [0.29, 0.717) is 6.42 Å². The Morgan fingerprint density at radius 3 is 2.40 bits per heavy atom. The number of primary amides is 1. The van der Waals surface area contributed by atoms with Gasteiger partial charge < -0.3 is 11.1 Å². The fourth-order valence-electron chi connectivity index (χ4n) is 0.415. The van der Waals surface area contributed by atoms with E-state index in [1.165, 1.54) is 0 Å². The molecule has 0 aromatic carbocycles. The molecule has 2 amide bonds. The third-order valence-electron chi connectivity index (χ3n) is 1.13. The Labute approximate surface area is 59.8 Å². The molecule has 1 atom stereocenters. The molecule has 0 aliphatic rings. The number of carbonyl (C=O) groups is 2. The van der Waals surface area contributed by atoms with E-state index in [4.69, 9.17) is 5.73 Å². The molecule has 0 bridgehead atoms. The molecule has 0 aliphatic carbocycles. The van der Waals surface area contributed by atoms with Gasteiger partial charge in [0.1, 0.15) is 6.04 Å². The third kappa shape index (κ3) is 3.06. The van der Waals surface area contributed by atoms with Crippen LogP contribution >= 0.6 is 0 Å². The Balaban J connectivity index is 3.68. The summed E-state index contributed by atoms with van der Waals surface area (Å²) in [6.07, 6.45) is 0.373. The first-order valence-corrected chi connectivity index (χ1v) is 3.16. The molecule has 0 aromatic rings. The maximum Gasteiger partial charge on any atom is 0.239 e. The van der Waals surface area contributed by atoms with E-state index in [9.17, 15) is 9.59 Å². The van der Waals surface area contributed by atoms with Crippen LogP contribution in [-0.4, -0.2) is 17.9 Å². The van der Waals surface area contributed by atoms with Crippen molar-refractivity contribution in [1.82, 2.24) is 5.32 Å². The molecule has 3 N–H and O–H groups in total. The molecule has 4 nitrogen and oxygen atoms in total. The fraction of sp³-hybridized carbons (Fsp3) is 0.667. The first-order valence-electron chi connectivity index (χ1n) is 3.16. The van der Waals surface area contributed by atoms with Gasteiger partial charge in [0.15, 0.2) is 0 Å². The molecule has 0 rings (SSSR count). The summed E-state index contributed by atoms with van der Waals surface area (Å²) in [7, 11) is 0. The molecular weight excluding hydrogens is 132 g/mol. The van der Waals surface area contributed by atoms with E-state index in [2.05, 4.69) is 5.32 Å². The van der Waals surface area contributed by atoms with E-state index >= 15 is 0 Å². The summed E-state index contributed by atoms with van der Waals surface area (Å²) >= 11 is 0. The van der Waals surface area contributed by atoms with Crippen molar-refractivity contribution in [3.05, 3.63) is 0 Å². The molecule has 58 valence electrons. The van der Waals surface area contributed by atoms with Crippen molar-refractivity contribution in [3.63, 3.8) is 0 Å². The molecule has 0 heterocycles. The summed E-state index contributed by atoms with van der Waals surface area (Å²) in [6, 6.07) is -0.563. The van der Waals surface area contributed by atoms with Crippen LogP contribution in [-0.2, 0) is 9.59 Å². The molecule has 0 aromatic heterocycles. The Bertz CT molecular complexity index is 145. The maximum atomic E-state index is 10.6. The summed E-state index contributed by atoms with van der Waals surface area (Å²) in [4.78, 5) is 21.0. The van der Waals surface area contributed by atoms with Crippen LogP contribution < -0.4 is 11.1 Å². The van der Waals surface area contributed by atoms with Crippen molar-refractivity contribution >= 4 is 11.8 Å². The van der Waals surface area contributed by atoms with Gasteiger partial charge in [0.05, 0.1) is 0 Å². The van der Waals surface area contributed by atoms with E-state index in [1.54, 1.807) is 13.8 Å². The highest BCUT2D eigenvalue weighted by Crippen LogP contribution is 1.81. The van der Waals surface area contributed by atoms with Gasteiger partial charge in [0.25, 0.3) is 0 Å². The largest absolute Gasteiger partial charge is 0.368 e. The summed E-state index contributed by atoms with van der Waals surface area (Å²) in [5, 5.41) is 2.42. The lowest BCUT2D eigenvalue weighted by Gasteiger charge is -2.07. The van der Waals surface area contributed by atoms with Crippen LogP contribution in [0.15, 0.2) is 0 Å². The number of nitrogens with two attached hydrogens (primary N) is 1. The van der Waals surface area contributed by atoms with Gasteiger partial charge in [-0.3, -0.25) is 9.59 Å². The molecular formula is C6H12N2O2. The van der Waals surface area contributed by atoms with Crippen LogP contribution in [0.1, 0.15) is 20.3 Å². The average Bonchev–Trinajstić information content (AvgIpc) is 1.87. The number of amides is 2. The SMILES string of the molecule is CCC(=O)NC(C)C(N)=O. The minimum absolute atomic E-state index is 0.161. The minimum atomic E-state index is -0.563. The highest BCUT2D eigenvalue weighted by molar-refractivity contribution is 5.85. The van der Waals surface area contributed by atoms with E-state index < -0.39 is 11.9 Å². The normalized spacial score (nSPS) is 12.2. The van der Waals surface area contributed by atoms with Gasteiger partial charge in [-0.25, -0.2) is 0 Å². The molecule has 0 saturated carbocycles. The Hall–Kier alpha value is -1.06. The van der Waals surface area contributed by atoms with Crippen LogP contribution in [0.4, 0.5) is 0 Å². The van der Waals surface area contributed by atoms with Crippen LogP contribution in [0.3, 0.4) is 0 Å². The summed E-state index contributed by atoms with van der Waals surface area (Å²) in [5.74, 6) is -0.673. The highest BCUT2D eigenvalue weighted by Gasteiger charge is 2.09. The molecule has 0 fully saturated rings. The maximum absolute atomic E-state index is 10.6. The average molecular weight is 144 g/mol. The minimum Gasteiger partial charge on any atom is -0.368 e. The third-order valence-corrected chi connectivity index (χ3v) is 1.13. The number of hydrogen-bond acceptors (Lipinski definition) is 2. The van der Waals surface area contributed by atoms with Crippen molar-refractivity contribution < 1.29 is 9.59 Å². The van der Waals surface area contributed by atoms with Gasteiger partial charge in [-0.05, 0) is 6.92 Å². The predicted molar refractivity (Wildman–Crippen MR) is 37.1 cm³/mol. The fourth-order valence-corrected chi connectivity index (χ4v) is 0.415. The van der Waals surface area contributed by atoms with Crippen LogP contribution in [0, 0.1) is 0 Å². The topological polar surface area (TPSA) is 72.2 Å². The molecule has 1 unspecified atom stereocenters. The quantitative estimate of drug-likeness (QED) is 0.554. The second kappa shape index (κ2) is 3.87. The zero-order valence-corrected chi connectivity index (χ0v) is 6.18. The smallest absolute Gasteiger partial charge is 0.239 e. The Morgan fingerprint density at radius 2 is 2.10 bits per heavy atom. The molecule has 10 heavy (non-hydrogen) atoms. The van der Waals surface area contributed by atoms with Gasteiger partial charge in [0, 0.05) is 6.42 Å². The Morgan fingerprint density at radius 1 is 1.60 bits per heavy atom. The number of carbonyl (C=O) groups excluding carboxylic acids is 2. The van der Waals surface area contributed by atoms with Crippen molar-refractivity contribution in [1.29, 1.82) is 0 Å². The summed E-state index contributed by atoms with van der Waals surface area (Å²) in [5.41, 5.74) is 4.89. The van der Waals surface area contributed by atoms with Crippen molar-refractivity contribution in [2.24, 2.45) is 5.73 Å². The van der Waals surface area contributed by atoms with Crippen LogP contribution in [0.5, 0.6) is 0 Å². The number of rotatable bonds is 3.